The van der Waals surface area contributed by atoms with Crippen LogP contribution in [0.25, 0.3) is 0 Å². The number of aliphatic hydroxyl groups is 1. The van der Waals surface area contributed by atoms with Crippen molar-refractivity contribution < 1.29 is 5.11 Å². The fraction of sp³-hybridized carbons (Fsp3) is 0.556. The van der Waals surface area contributed by atoms with Gasteiger partial charge in [-0.2, -0.15) is 0 Å². The molecule has 1 N–H and O–H groups in total. The topological polar surface area (TPSA) is 20.2 Å². The summed E-state index contributed by atoms with van der Waals surface area (Å²) >= 11 is 0. The maximum atomic E-state index is 8.83. The summed E-state index contributed by atoms with van der Waals surface area (Å²) in [7, 11) is -1.30. The lowest BCUT2D eigenvalue weighted by atomic mass is 10.5. The highest BCUT2D eigenvalue weighted by Crippen LogP contribution is 2.23. The molecule has 0 saturated heterocycles. The summed E-state index contributed by atoms with van der Waals surface area (Å²) in [5, 5.41) is 10.2. The third kappa shape index (κ3) is 2.04. The average molecular weight is 167 g/mol. The fourth-order valence-electron chi connectivity index (χ4n) is 1.28. The molecule has 0 amide bonds. The number of rotatable bonds is 3. The van der Waals surface area contributed by atoms with E-state index >= 15 is 0 Å². The van der Waals surface area contributed by atoms with Crippen LogP contribution in [0.2, 0.25) is 19.1 Å². The van der Waals surface area contributed by atoms with Crippen molar-refractivity contribution in [1.82, 2.24) is 0 Å². The molecule has 0 aromatic carbocycles. The average Bonchev–Trinajstić information content (AvgIpc) is 2.37. The van der Waals surface area contributed by atoms with Crippen molar-refractivity contribution in [3.63, 3.8) is 0 Å². The van der Waals surface area contributed by atoms with Gasteiger partial charge >= 0.3 is 0 Å². The minimum absolute atomic E-state index is 0.318. The monoisotopic (exact) mass is 167 g/mol. The highest BCUT2D eigenvalue weighted by Gasteiger charge is 2.24. The van der Waals surface area contributed by atoms with Gasteiger partial charge in [0.1, 0.15) is 0 Å². The summed E-state index contributed by atoms with van der Waals surface area (Å²) in [5.74, 6) is 0. The van der Waals surface area contributed by atoms with Gasteiger partial charge in [-0.15, -0.1) is 0 Å². The molecule has 1 radical (unpaired) electrons. The first-order valence-corrected chi connectivity index (χ1v) is 7.26. The third-order valence-electron chi connectivity index (χ3n) is 2.16. The van der Waals surface area contributed by atoms with E-state index in [1.165, 1.54) is 5.20 Å². The highest BCUT2D eigenvalue weighted by molar-refractivity contribution is 6.84. The molecule has 1 aliphatic rings. The molecule has 11 heavy (non-hydrogen) atoms. The standard InChI is InChI=1S/C9H15OSi/c1-11(2,8-7-10)9-5-3-4-6-9/h3,5,10H,4,7-8H2,1-2H3. The van der Waals surface area contributed by atoms with E-state index in [1.807, 2.05) is 0 Å². The molecular weight excluding hydrogens is 152 g/mol. The zero-order chi connectivity index (χ0) is 8.32. The van der Waals surface area contributed by atoms with E-state index in [-0.39, 0.29) is 0 Å². The zero-order valence-electron chi connectivity index (χ0n) is 7.22. The van der Waals surface area contributed by atoms with Crippen molar-refractivity contribution in [2.75, 3.05) is 6.61 Å². The largest absolute Gasteiger partial charge is 0.397 e. The second-order valence-corrected chi connectivity index (χ2v) is 8.36. The van der Waals surface area contributed by atoms with E-state index in [9.17, 15) is 0 Å². The minimum Gasteiger partial charge on any atom is -0.397 e. The Balaban J connectivity index is 2.63. The Morgan fingerprint density at radius 2 is 2.36 bits per heavy atom. The lowest BCUT2D eigenvalue weighted by Gasteiger charge is -2.21. The van der Waals surface area contributed by atoms with E-state index < -0.39 is 8.07 Å². The number of hydrogen-bond acceptors (Lipinski definition) is 1. The van der Waals surface area contributed by atoms with Crippen LogP contribution in [0, 0.1) is 6.08 Å². The highest BCUT2D eigenvalue weighted by atomic mass is 28.3. The minimum atomic E-state index is -1.30. The van der Waals surface area contributed by atoms with Crippen LogP contribution in [0.5, 0.6) is 0 Å². The van der Waals surface area contributed by atoms with E-state index in [2.05, 4.69) is 31.3 Å². The second-order valence-electron chi connectivity index (χ2n) is 3.55. The number of hydrogen-bond donors (Lipinski definition) is 1. The van der Waals surface area contributed by atoms with Crippen molar-refractivity contribution in [3.05, 3.63) is 23.4 Å². The van der Waals surface area contributed by atoms with E-state index in [4.69, 9.17) is 5.11 Å². The van der Waals surface area contributed by atoms with Crippen molar-refractivity contribution in [2.45, 2.75) is 25.6 Å². The van der Waals surface area contributed by atoms with Crippen LogP contribution in [-0.2, 0) is 0 Å². The first-order chi connectivity index (χ1) is 5.17. The van der Waals surface area contributed by atoms with Crippen LogP contribution in [-0.4, -0.2) is 19.8 Å². The number of aliphatic hydroxyl groups excluding tert-OH is 1. The summed E-state index contributed by atoms with van der Waals surface area (Å²) in [4.78, 5) is 0. The molecule has 1 aliphatic carbocycles. The van der Waals surface area contributed by atoms with Gasteiger partial charge < -0.3 is 5.11 Å². The van der Waals surface area contributed by atoms with Crippen LogP contribution in [0.1, 0.15) is 6.42 Å². The second kappa shape index (κ2) is 3.37. The molecule has 61 valence electrons. The van der Waals surface area contributed by atoms with Crippen LogP contribution in [0.4, 0.5) is 0 Å². The Labute approximate surface area is 69.4 Å². The SMILES string of the molecule is C[Si](C)(CCO)C1=[C]CC=C1. The predicted molar refractivity (Wildman–Crippen MR) is 49.9 cm³/mol. The van der Waals surface area contributed by atoms with Crippen molar-refractivity contribution in [1.29, 1.82) is 0 Å². The van der Waals surface area contributed by atoms with Gasteiger partial charge in [0.15, 0.2) is 0 Å². The Kier molecular flexibility index (Phi) is 2.68. The Hall–Kier alpha value is -0.343. The smallest absolute Gasteiger partial charge is 0.0832 e. The summed E-state index contributed by atoms with van der Waals surface area (Å²) < 4.78 is 0. The summed E-state index contributed by atoms with van der Waals surface area (Å²) in [6, 6.07) is 0.958. The summed E-state index contributed by atoms with van der Waals surface area (Å²) in [5.41, 5.74) is 0. The molecule has 0 heterocycles. The maximum Gasteiger partial charge on any atom is 0.0832 e. The van der Waals surface area contributed by atoms with Crippen LogP contribution in [0.3, 0.4) is 0 Å². The molecule has 0 aliphatic heterocycles. The lowest BCUT2D eigenvalue weighted by molar-refractivity contribution is 0.316. The van der Waals surface area contributed by atoms with Crippen LogP contribution >= 0.6 is 0 Å². The summed E-state index contributed by atoms with van der Waals surface area (Å²) in [6.45, 7) is 4.88. The van der Waals surface area contributed by atoms with Gasteiger partial charge in [-0.05, 0) is 18.5 Å². The van der Waals surface area contributed by atoms with Crippen molar-refractivity contribution in [2.24, 2.45) is 0 Å². The van der Waals surface area contributed by atoms with Crippen molar-refractivity contribution >= 4 is 8.07 Å². The lowest BCUT2D eigenvalue weighted by Crippen LogP contribution is -2.28. The van der Waals surface area contributed by atoms with Crippen molar-refractivity contribution in [3.8, 4) is 0 Å². The van der Waals surface area contributed by atoms with Gasteiger partial charge in [-0.3, -0.25) is 0 Å². The number of allylic oxidation sites excluding steroid dienone is 4. The molecule has 0 bridgehead atoms. The van der Waals surface area contributed by atoms with Gasteiger partial charge in [0.05, 0.1) is 8.07 Å². The molecule has 0 aromatic heterocycles. The van der Waals surface area contributed by atoms with Crippen LogP contribution < -0.4 is 0 Å². The van der Waals surface area contributed by atoms with E-state index in [1.54, 1.807) is 0 Å². The van der Waals surface area contributed by atoms with Gasteiger partial charge in [0.2, 0.25) is 0 Å². The molecule has 2 heteroatoms. The van der Waals surface area contributed by atoms with Gasteiger partial charge in [-0.25, -0.2) is 0 Å². The molecule has 1 nitrogen and oxygen atoms in total. The van der Waals surface area contributed by atoms with Gasteiger partial charge in [-0.1, -0.05) is 30.4 Å². The predicted octanol–water partition coefficient (Wildman–Crippen LogP) is 1.92. The Morgan fingerprint density at radius 1 is 1.64 bits per heavy atom. The molecular formula is C9H15OSi. The molecule has 0 fully saturated rings. The molecule has 0 unspecified atom stereocenters. The Morgan fingerprint density at radius 3 is 2.82 bits per heavy atom. The summed E-state index contributed by atoms with van der Waals surface area (Å²) in [6.07, 6.45) is 8.62. The molecule has 0 atom stereocenters. The molecule has 0 saturated carbocycles. The van der Waals surface area contributed by atoms with Gasteiger partial charge in [0, 0.05) is 6.61 Å². The normalized spacial score (nSPS) is 17.2. The molecule has 0 aromatic rings. The first-order valence-electron chi connectivity index (χ1n) is 4.05. The van der Waals surface area contributed by atoms with Crippen LogP contribution in [0.15, 0.2) is 17.3 Å². The Bertz CT molecular complexity index is 192. The van der Waals surface area contributed by atoms with E-state index in [0.717, 1.165) is 12.5 Å². The molecule has 0 spiro atoms. The van der Waals surface area contributed by atoms with E-state index in [0.29, 0.717) is 6.61 Å². The third-order valence-corrected chi connectivity index (χ3v) is 5.44. The maximum absolute atomic E-state index is 8.83. The van der Waals surface area contributed by atoms with Gasteiger partial charge in [0.25, 0.3) is 0 Å². The fourth-order valence-corrected chi connectivity index (χ4v) is 3.26. The molecule has 1 rings (SSSR count). The zero-order valence-corrected chi connectivity index (χ0v) is 8.22. The quantitative estimate of drug-likeness (QED) is 0.637. The first kappa shape index (κ1) is 8.75.